The number of carbonyl (C=O) groups excluding carboxylic acids is 2. The van der Waals surface area contributed by atoms with Crippen LogP contribution in [0.2, 0.25) is 0 Å². The molecule has 0 aliphatic rings. The van der Waals surface area contributed by atoms with Crippen molar-refractivity contribution in [2.75, 3.05) is 4.90 Å². The maximum absolute atomic E-state index is 12.3. The second kappa shape index (κ2) is 8.79. The fourth-order valence-electron chi connectivity index (χ4n) is 2.87. The van der Waals surface area contributed by atoms with Crippen LogP contribution in [0.3, 0.4) is 0 Å². The van der Waals surface area contributed by atoms with Gasteiger partial charge in [-0.3, -0.25) is 14.5 Å². The predicted molar refractivity (Wildman–Crippen MR) is 117 cm³/mol. The molecule has 0 aliphatic carbocycles. The minimum atomic E-state index is -0.282. The van der Waals surface area contributed by atoms with Gasteiger partial charge < -0.3 is 0 Å². The van der Waals surface area contributed by atoms with Crippen LogP contribution in [-0.2, 0) is 4.79 Å². The van der Waals surface area contributed by atoms with Crippen molar-refractivity contribution in [1.29, 1.82) is 0 Å². The van der Waals surface area contributed by atoms with Crippen LogP contribution >= 0.6 is 11.3 Å². The summed E-state index contributed by atoms with van der Waals surface area (Å²) in [6.07, 6.45) is 1.47. The van der Waals surface area contributed by atoms with Crippen LogP contribution in [0.1, 0.15) is 39.7 Å². The standard InChI is InChI=1S/C22H22N4O2S/c1-14-9-7-11-20(16(14)3)26(17(4)27)22-24-18(13-29-22)12-23-25-21(28)19-10-6-5-8-15(19)2/h5-13H,1-4H3,(H,25,28)/b23-12-. The molecule has 1 aromatic heterocycles. The van der Waals surface area contributed by atoms with Crippen LogP contribution < -0.4 is 10.3 Å². The van der Waals surface area contributed by atoms with E-state index in [1.54, 1.807) is 16.3 Å². The molecule has 0 saturated carbocycles. The number of hydrazone groups is 1. The van der Waals surface area contributed by atoms with Gasteiger partial charge in [0.05, 0.1) is 17.6 Å². The van der Waals surface area contributed by atoms with E-state index in [1.807, 2.05) is 57.2 Å². The van der Waals surface area contributed by atoms with Crippen molar-refractivity contribution in [2.45, 2.75) is 27.7 Å². The van der Waals surface area contributed by atoms with E-state index in [9.17, 15) is 9.59 Å². The Kier molecular flexibility index (Phi) is 6.19. The number of nitrogens with one attached hydrogen (secondary N) is 1. The van der Waals surface area contributed by atoms with E-state index in [1.165, 1.54) is 24.5 Å². The Balaban J connectivity index is 1.78. The molecule has 0 atom stereocenters. The molecular weight excluding hydrogens is 384 g/mol. The average Bonchev–Trinajstić information content (AvgIpc) is 3.13. The summed E-state index contributed by atoms with van der Waals surface area (Å²) in [5.41, 5.74) is 7.46. The molecule has 7 heteroatoms. The van der Waals surface area contributed by atoms with Crippen molar-refractivity contribution >= 4 is 40.2 Å². The number of hydrogen-bond donors (Lipinski definition) is 1. The number of benzene rings is 2. The Labute approximate surface area is 173 Å². The van der Waals surface area contributed by atoms with Crippen LogP contribution in [0.25, 0.3) is 0 Å². The average molecular weight is 407 g/mol. The predicted octanol–water partition coefficient (Wildman–Crippen LogP) is 4.52. The van der Waals surface area contributed by atoms with E-state index in [2.05, 4.69) is 15.5 Å². The van der Waals surface area contributed by atoms with Crippen molar-refractivity contribution in [1.82, 2.24) is 10.4 Å². The molecule has 1 heterocycles. The zero-order valence-corrected chi connectivity index (χ0v) is 17.6. The molecule has 3 rings (SSSR count). The van der Waals surface area contributed by atoms with Crippen molar-refractivity contribution in [3.05, 3.63) is 75.8 Å². The number of carbonyl (C=O) groups is 2. The molecule has 0 unspecified atom stereocenters. The molecule has 6 nitrogen and oxygen atoms in total. The summed E-state index contributed by atoms with van der Waals surface area (Å²) >= 11 is 1.34. The van der Waals surface area contributed by atoms with Gasteiger partial charge in [0.1, 0.15) is 0 Å². The van der Waals surface area contributed by atoms with E-state index in [0.29, 0.717) is 16.4 Å². The molecule has 2 aromatic carbocycles. The monoisotopic (exact) mass is 406 g/mol. The number of aromatic nitrogens is 1. The zero-order valence-electron chi connectivity index (χ0n) is 16.8. The molecule has 3 aromatic rings. The van der Waals surface area contributed by atoms with Gasteiger partial charge in [0, 0.05) is 17.9 Å². The summed E-state index contributed by atoms with van der Waals surface area (Å²) in [6.45, 7) is 7.38. The summed E-state index contributed by atoms with van der Waals surface area (Å²) in [6, 6.07) is 13.1. The van der Waals surface area contributed by atoms with E-state index in [0.717, 1.165) is 22.4 Å². The van der Waals surface area contributed by atoms with Gasteiger partial charge in [0.2, 0.25) is 5.91 Å². The van der Waals surface area contributed by atoms with E-state index in [4.69, 9.17) is 0 Å². The van der Waals surface area contributed by atoms with Gasteiger partial charge in [-0.25, -0.2) is 10.4 Å². The molecule has 0 radical (unpaired) electrons. The third-order valence-electron chi connectivity index (χ3n) is 4.59. The smallest absolute Gasteiger partial charge is 0.271 e. The molecule has 29 heavy (non-hydrogen) atoms. The Morgan fingerprint density at radius 2 is 1.79 bits per heavy atom. The highest BCUT2D eigenvalue weighted by Crippen LogP contribution is 2.32. The summed E-state index contributed by atoms with van der Waals surface area (Å²) in [7, 11) is 0. The summed E-state index contributed by atoms with van der Waals surface area (Å²) in [5, 5.41) is 6.34. The van der Waals surface area contributed by atoms with Crippen LogP contribution in [-0.4, -0.2) is 23.0 Å². The number of rotatable bonds is 5. The lowest BCUT2D eigenvalue weighted by Crippen LogP contribution is -2.23. The number of aryl methyl sites for hydroxylation is 2. The fraction of sp³-hybridized carbons (Fsp3) is 0.182. The normalized spacial score (nSPS) is 10.9. The van der Waals surface area contributed by atoms with E-state index < -0.39 is 0 Å². The summed E-state index contributed by atoms with van der Waals surface area (Å²) in [4.78, 5) is 30.6. The van der Waals surface area contributed by atoms with Gasteiger partial charge >= 0.3 is 0 Å². The number of amides is 2. The van der Waals surface area contributed by atoms with Crippen LogP contribution in [0, 0.1) is 20.8 Å². The molecule has 2 amide bonds. The lowest BCUT2D eigenvalue weighted by Gasteiger charge is -2.21. The first-order valence-electron chi connectivity index (χ1n) is 9.10. The second-order valence-electron chi connectivity index (χ2n) is 6.64. The number of anilines is 2. The quantitative estimate of drug-likeness (QED) is 0.500. The van der Waals surface area contributed by atoms with Gasteiger partial charge in [-0.1, -0.05) is 30.3 Å². The Morgan fingerprint density at radius 3 is 2.52 bits per heavy atom. The van der Waals surface area contributed by atoms with Crippen molar-refractivity contribution in [3.63, 3.8) is 0 Å². The second-order valence-corrected chi connectivity index (χ2v) is 7.48. The number of hydrogen-bond acceptors (Lipinski definition) is 5. The van der Waals surface area contributed by atoms with Crippen LogP contribution in [0.15, 0.2) is 52.9 Å². The maximum atomic E-state index is 12.3. The highest BCUT2D eigenvalue weighted by atomic mass is 32.1. The van der Waals surface area contributed by atoms with E-state index >= 15 is 0 Å². The van der Waals surface area contributed by atoms with Gasteiger partial charge in [0.25, 0.3) is 5.91 Å². The fourth-order valence-corrected chi connectivity index (χ4v) is 3.70. The third-order valence-corrected chi connectivity index (χ3v) is 5.43. The third kappa shape index (κ3) is 4.57. The molecule has 0 aliphatic heterocycles. The van der Waals surface area contributed by atoms with Crippen molar-refractivity contribution in [3.8, 4) is 0 Å². The van der Waals surface area contributed by atoms with Crippen LogP contribution in [0.5, 0.6) is 0 Å². The van der Waals surface area contributed by atoms with E-state index in [-0.39, 0.29) is 11.8 Å². The lowest BCUT2D eigenvalue weighted by molar-refractivity contribution is -0.115. The molecule has 0 bridgehead atoms. The van der Waals surface area contributed by atoms with Crippen LogP contribution in [0.4, 0.5) is 10.8 Å². The Hall–Kier alpha value is -3.32. The summed E-state index contributed by atoms with van der Waals surface area (Å²) in [5.74, 6) is -0.403. The zero-order chi connectivity index (χ0) is 21.0. The van der Waals surface area contributed by atoms with Gasteiger partial charge in [-0.2, -0.15) is 5.10 Å². The topological polar surface area (TPSA) is 74.7 Å². The molecule has 148 valence electrons. The Morgan fingerprint density at radius 1 is 1.07 bits per heavy atom. The molecule has 1 N–H and O–H groups in total. The van der Waals surface area contributed by atoms with Gasteiger partial charge in [0.15, 0.2) is 5.13 Å². The first kappa shape index (κ1) is 20.4. The molecule has 0 saturated heterocycles. The number of thiazole rings is 1. The molecule has 0 fully saturated rings. The maximum Gasteiger partial charge on any atom is 0.271 e. The minimum absolute atomic E-state index is 0.121. The van der Waals surface area contributed by atoms with Gasteiger partial charge in [-0.15, -0.1) is 11.3 Å². The van der Waals surface area contributed by atoms with Crippen molar-refractivity contribution in [2.24, 2.45) is 5.10 Å². The summed E-state index contributed by atoms with van der Waals surface area (Å²) < 4.78 is 0. The van der Waals surface area contributed by atoms with Gasteiger partial charge in [-0.05, 0) is 49.6 Å². The number of nitrogens with zero attached hydrogens (tertiary/aromatic N) is 3. The first-order valence-corrected chi connectivity index (χ1v) is 9.98. The van der Waals surface area contributed by atoms with Crippen molar-refractivity contribution < 1.29 is 9.59 Å². The molecular formula is C22H22N4O2S. The highest BCUT2D eigenvalue weighted by Gasteiger charge is 2.20. The minimum Gasteiger partial charge on any atom is -0.274 e. The highest BCUT2D eigenvalue weighted by molar-refractivity contribution is 7.14. The molecule has 0 spiro atoms. The Bertz CT molecular complexity index is 1090. The SMILES string of the molecule is CC(=O)N(c1nc(/C=N\NC(=O)c2ccccc2C)cs1)c1cccc(C)c1C. The lowest BCUT2D eigenvalue weighted by atomic mass is 10.1. The first-order chi connectivity index (χ1) is 13.9. The largest absolute Gasteiger partial charge is 0.274 e.